The lowest BCUT2D eigenvalue weighted by Gasteiger charge is -2.23. The number of anilines is 1. The summed E-state index contributed by atoms with van der Waals surface area (Å²) in [4.78, 5) is 8.23. The van der Waals surface area contributed by atoms with Crippen LogP contribution in [0.3, 0.4) is 0 Å². The molecule has 0 aliphatic rings. The maximum Gasteiger partial charge on any atom is 0.137 e. The number of hydrogen-bond acceptors (Lipinski definition) is 3. The SMILES string of the molecule is CCc1c(Cl)ncnc1NCC(C)(C)CC. The van der Waals surface area contributed by atoms with Crippen LogP contribution in [-0.2, 0) is 6.42 Å². The van der Waals surface area contributed by atoms with E-state index in [0.29, 0.717) is 5.15 Å². The maximum absolute atomic E-state index is 6.02. The average molecular weight is 242 g/mol. The Morgan fingerprint density at radius 3 is 2.56 bits per heavy atom. The molecule has 0 aliphatic carbocycles. The number of nitrogens with zero attached hydrogens (tertiary/aromatic N) is 2. The molecule has 16 heavy (non-hydrogen) atoms. The highest BCUT2D eigenvalue weighted by Crippen LogP contribution is 2.24. The molecule has 4 heteroatoms. The van der Waals surface area contributed by atoms with Gasteiger partial charge in [-0.15, -0.1) is 0 Å². The molecule has 0 atom stereocenters. The third-order valence-electron chi connectivity index (χ3n) is 2.94. The molecular weight excluding hydrogens is 222 g/mol. The summed E-state index contributed by atoms with van der Waals surface area (Å²) in [5.74, 6) is 0.865. The quantitative estimate of drug-likeness (QED) is 0.802. The molecule has 0 radical (unpaired) electrons. The van der Waals surface area contributed by atoms with Crippen molar-refractivity contribution < 1.29 is 0 Å². The summed E-state index contributed by atoms with van der Waals surface area (Å²) < 4.78 is 0. The Hall–Kier alpha value is -0.830. The molecule has 0 fully saturated rings. The lowest BCUT2D eigenvalue weighted by Crippen LogP contribution is -2.23. The predicted molar refractivity (Wildman–Crippen MR) is 69.0 cm³/mol. The Kier molecular flexibility index (Phi) is 4.54. The minimum absolute atomic E-state index is 0.266. The monoisotopic (exact) mass is 241 g/mol. The van der Waals surface area contributed by atoms with Crippen molar-refractivity contribution in [2.75, 3.05) is 11.9 Å². The fraction of sp³-hybridized carbons (Fsp3) is 0.667. The second kappa shape index (κ2) is 5.48. The summed E-state index contributed by atoms with van der Waals surface area (Å²) in [5, 5.41) is 3.91. The van der Waals surface area contributed by atoms with E-state index in [4.69, 9.17) is 11.6 Å². The van der Waals surface area contributed by atoms with Crippen LogP contribution < -0.4 is 5.32 Å². The van der Waals surface area contributed by atoms with Gasteiger partial charge in [-0.2, -0.15) is 0 Å². The smallest absolute Gasteiger partial charge is 0.137 e. The highest BCUT2D eigenvalue weighted by molar-refractivity contribution is 6.30. The number of nitrogens with one attached hydrogen (secondary N) is 1. The van der Waals surface area contributed by atoms with Gasteiger partial charge in [-0.1, -0.05) is 39.3 Å². The highest BCUT2D eigenvalue weighted by atomic mass is 35.5. The van der Waals surface area contributed by atoms with Crippen LogP contribution in [-0.4, -0.2) is 16.5 Å². The van der Waals surface area contributed by atoms with E-state index in [-0.39, 0.29) is 5.41 Å². The second-order valence-electron chi connectivity index (χ2n) is 4.72. The summed E-state index contributed by atoms with van der Waals surface area (Å²) >= 11 is 6.02. The van der Waals surface area contributed by atoms with E-state index in [1.54, 1.807) is 0 Å². The Labute approximate surface area is 103 Å². The average Bonchev–Trinajstić information content (AvgIpc) is 2.26. The van der Waals surface area contributed by atoms with Crippen LogP contribution in [0.1, 0.15) is 39.7 Å². The van der Waals surface area contributed by atoms with Crippen LogP contribution >= 0.6 is 11.6 Å². The van der Waals surface area contributed by atoms with E-state index in [2.05, 4.69) is 43.0 Å². The van der Waals surface area contributed by atoms with Crippen LogP contribution in [0, 0.1) is 5.41 Å². The number of hydrogen-bond donors (Lipinski definition) is 1. The van der Waals surface area contributed by atoms with Gasteiger partial charge >= 0.3 is 0 Å². The first-order valence-electron chi connectivity index (χ1n) is 5.73. The Morgan fingerprint density at radius 2 is 2.00 bits per heavy atom. The molecule has 1 aromatic heterocycles. The van der Waals surface area contributed by atoms with Crippen molar-refractivity contribution in [1.29, 1.82) is 0 Å². The third-order valence-corrected chi connectivity index (χ3v) is 3.26. The van der Waals surface area contributed by atoms with E-state index in [9.17, 15) is 0 Å². The fourth-order valence-electron chi connectivity index (χ4n) is 1.30. The summed E-state index contributed by atoms with van der Waals surface area (Å²) in [6.07, 6.45) is 3.47. The van der Waals surface area contributed by atoms with Gasteiger partial charge in [0.1, 0.15) is 17.3 Å². The van der Waals surface area contributed by atoms with Crippen molar-refractivity contribution in [2.45, 2.75) is 40.5 Å². The van der Waals surface area contributed by atoms with Crippen molar-refractivity contribution in [2.24, 2.45) is 5.41 Å². The van der Waals surface area contributed by atoms with E-state index in [1.165, 1.54) is 6.33 Å². The van der Waals surface area contributed by atoms with Gasteiger partial charge in [-0.25, -0.2) is 9.97 Å². The largest absolute Gasteiger partial charge is 0.369 e. The zero-order valence-electron chi connectivity index (χ0n) is 10.5. The predicted octanol–water partition coefficient (Wildman–Crippen LogP) is 3.54. The Morgan fingerprint density at radius 1 is 1.31 bits per heavy atom. The third kappa shape index (κ3) is 3.34. The van der Waals surface area contributed by atoms with Gasteiger partial charge in [0.2, 0.25) is 0 Å². The number of aromatic nitrogens is 2. The molecule has 0 unspecified atom stereocenters. The molecule has 1 rings (SSSR count). The zero-order valence-corrected chi connectivity index (χ0v) is 11.2. The zero-order chi connectivity index (χ0) is 12.2. The van der Waals surface area contributed by atoms with Gasteiger partial charge in [-0.3, -0.25) is 0 Å². The molecule has 0 saturated heterocycles. The summed E-state index contributed by atoms with van der Waals surface area (Å²) in [6, 6.07) is 0. The molecule has 0 spiro atoms. The Balaban J connectivity index is 2.78. The molecule has 0 aliphatic heterocycles. The molecule has 0 aromatic carbocycles. The molecule has 90 valence electrons. The van der Waals surface area contributed by atoms with Crippen molar-refractivity contribution in [3.05, 3.63) is 17.0 Å². The van der Waals surface area contributed by atoms with E-state index in [1.807, 2.05) is 0 Å². The fourth-order valence-corrected chi connectivity index (χ4v) is 1.57. The van der Waals surface area contributed by atoms with Gasteiger partial charge in [0, 0.05) is 12.1 Å². The van der Waals surface area contributed by atoms with Crippen molar-refractivity contribution in [3.63, 3.8) is 0 Å². The lowest BCUT2D eigenvalue weighted by atomic mass is 9.90. The minimum atomic E-state index is 0.266. The minimum Gasteiger partial charge on any atom is -0.369 e. The van der Waals surface area contributed by atoms with Crippen molar-refractivity contribution in [3.8, 4) is 0 Å². The molecule has 1 aromatic rings. The highest BCUT2D eigenvalue weighted by Gasteiger charge is 2.16. The molecule has 1 N–H and O–H groups in total. The summed E-state index contributed by atoms with van der Waals surface area (Å²) in [7, 11) is 0. The maximum atomic E-state index is 6.02. The topological polar surface area (TPSA) is 37.8 Å². The van der Waals surface area contributed by atoms with Crippen LogP contribution in [0.4, 0.5) is 5.82 Å². The number of halogens is 1. The molecule has 0 saturated carbocycles. The van der Waals surface area contributed by atoms with Crippen LogP contribution in [0.25, 0.3) is 0 Å². The van der Waals surface area contributed by atoms with Crippen LogP contribution in [0.15, 0.2) is 6.33 Å². The molecule has 3 nitrogen and oxygen atoms in total. The van der Waals surface area contributed by atoms with E-state index >= 15 is 0 Å². The lowest BCUT2D eigenvalue weighted by molar-refractivity contribution is 0.376. The van der Waals surface area contributed by atoms with Gasteiger partial charge in [-0.05, 0) is 18.3 Å². The first kappa shape index (κ1) is 13.2. The van der Waals surface area contributed by atoms with Crippen molar-refractivity contribution >= 4 is 17.4 Å². The van der Waals surface area contributed by atoms with Gasteiger partial charge < -0.3 is 5.32 Å². The van der Waals surface area contributed by atoms with Gasteiger partial charge in [0.05, 0.1) is 0 Å². The first-order chi connectivity index (χ1) is 7.50. The first-order valence-corrected chi connectivity index (χ1v) is 6.11. The second-order valence-corrected chi connectivity index (χ2v) is 5.07. The van der Waals surface area contributed by atoms with Crippen LogP contribution in [0.2, 0.25) is 5.15 Å². The molecule has 0 amide bonds. The standard InChI is InChI=1S/C12H20ClN3/c1-5-9-10(13)15-8-16-11(9)14-7-12(3,4)6-2/h8H,5-7H2,1-4H3,(H,14,15,16). The van der Waals surface area contributed by atoms with Gasteiger partial charge in [0.25, 0.3) is 0 Å². The van der Waals surface area contributed by atoms with Gasteiger partial charge in [0.15, 0.2) is 0 Å². The van der Waals surface area contributed by atoms with E-state index in [0.717, 1.165) is 30.8 Å². The normalized spacial score (nSPS) is 11.6. The van der Waals surface area contributed by atoms with Crippen molar-refractivity contribution in [1.82, 2.24) is 9.97 Å². The number of rotatable bonds is 5. The summed E-state index contributed by atoms with van der Waals surface area (Å²) in [6.45, 7) is 9.60. The molecular formula is C12H20ClN3. The summed E-state index contributed by atoms with van der Waals surface area (Å²) in [5.41, 5.74) is 1.26. The van der Waals surface area contributed by atoms with E-state index < -0.39 is 0 Å². The molecule has 1 heterocycles. The van der Waals surface area contributed by atoms with Crippen LogP contribution in [0.5, 0.6) is 0 Å². The Bertz CT molecular complexity index is 350. The molecule has 0 bridgehead atoms.